The second-order valence-corrected chi connectivity index (χ2v) is 4.33. The molecule has 1 aliphatic heterocycles. The smallest absolute Gasteiger partial charge is 0.138 e. The summed E-state index contributed by atoms with van der Waals surface area (Å²) in [4.78, 5) is 4.23. The van der Waals surface area contributed by atoms with Gasteiger partial charge in [0.05, 0.1) is 6.10 Å². The summed E-state index contributed by atoms with van der Waals surface area (Å²) in [5.41, 5.74) is 6.11. The van der Waals surface area contributed by atoms with Crippen molar-refractivity contribution in [3.8, 4) is 0 Å². The average Bonchev–Trinajstić information content (AvgIpc) is 2.88. The minimum Gasteiger partial charge on any atom is -0.378 e. The number of aryl methyl sites for hydroxylation is 1. The molecule has 1 fully saturated rings. The number of nitrogens with zero attached hydrogens (tertiary/aromatic N) is 3. The molecule has 2 atom stereocenters. The first-order chi connectivity index (χ1) is 7.79. The van der Waals surface area contributed by atoms with Crippen LogP contribution in [0.3, 0.4) is 0 Å². The van der Waals surface area contributed by atoms with Crippen molar-refractivity contribution in [2.45, 2.75) is 51.3 Å². The molecule has 0 spiro atoms. The highest BCUT2D eigenvalue weighted by Crippen LogP contribution is 2.17. The van der Waals surface area contributed by atoms with Gasteiger partial charge in [-0.05, 0) is 26.2 Å². The number of nitrogens with two attached hydrogens (primary N) is 1. The van der Waals surface area contributed by atoms with Crippen molar-refractivity contribution in [1.29, 1.82) is 0 Å². The summed E-state index contributed by atoms with van der Waals surface area (Å²) in [6.45, 7) is 3.80. The third-order valence-electron chi connectivity index (χ3n) is 3.03. The molecule has 1 aromatic rings. The van der Waals surface area contributed by atoms with Crippen molar-refractivity contribution in [2.75, 3.05) is 6.61 Å². The van der Waals surface area contributed by atoms with E-state index in [0.29, 0.717) is 6.10 Å². The highest BCUT2D eigenvalue weighted by Gasteiger charge is 2.19. The van der Waals surface area contributed by atoms with Crippen molar-refractivity contribution in [2.24, 2.45) is 5.73 Å². The maximum absolute atomic E-state index is 6.11. The van der Waals surface area contributed by atoms with Crippen LogP contribution in [-0.4, -0.2) is 33.5 Å². The Morgan fingerprint density at radius 3 is 3.25 bits per heavy atom. The van der Waals surface area contributed by atoms with Crippen molar-refractivity contribution in [3.05, 3.63) is 12.2 Å². The molecule has 2 N–H and O–H groups in total. The molecule has 0 saturated carbocycles. The Hall–Kier alpha value is -0.940. The average molecular weight is 224 g/mol. The Morgan fingerprint density at radius 1 is 1.69 bits per heavy atom. The molecule has 90 valence electrons. The molecule has 0 radical (unpaired) electrons. The summed E-state index contributed by atoms with van der Waals surface area (Å²) in [6, 6.07) is 0.123. The summed E-state index contributed by atoms with van der Waals surface area (Å²) in [7, 11) is 0. The van der Waals surface area contributed by atoms with E-state index in [1.807, 2.05) is 4.68 Å². The molecular formula is C11H20N4O. The Bertz CT molecular complexity index is 320. The van der Waals surface area contributed by atoms with Gasteiger partial charge < -0.3 is 10.5 Å². The maximum Gasteiger partial charge on any atom is 0.138 e. The molecule has 2 heterocycles. The molecule has 0 aliphatic carbocycles. The second kappa shape index (κ2) is 5.41. The molecule has 0 bridgehead atoms. The van der Waals surface area contributed by atoms with Crippen LogP contribution >= 0.6 is 0 Å². The molecular weight excluding hydrogens is 204 g/mol. The predicted octanol–water partition coefficient (Wildman–Crippen LogP) is 0.737. The zero-order chi connectivity index (χ0) is 11.4. The number of ether oxygens (including phenoxy) is 1. The van der Waals surface area contributed by atoms with Crippen LogP contribution in [0.25, 0.3) is 0 Å². The zero-order valence-corrected chi connectivity index (χ0v) is 9.80. The van der Waals surface area contributed by atoms with Crippen LogP contribution in [-0.2, 0) is 17.7 Å². The SMILES string of the molecule is CCn1ncnc1CC(N)CC1CCCO1. The Balaban J connectivity index is 1.84. The fourth-order valence-electron chi connectivity index (χ4n) is 2.20. The number of aromatic nitrogens is 3. The third-order valence-corrected chi connectivity index (χ3v) is 3.03. The highest BCUT2D eigenvalue weighted by molar-refractivity contribution is 4.89. The van der Waals surface area contributed by atoms with Gasteiger partial charge in [0.2, 0.25) is 0 Å². The maximum atomic E-state index is 6.11. The normalized spacial score (nSPS) is 22.5. The first-order valence-electron chi connectivity index (χ1n) is 6.03. The van der Waals surface area contributed by atoms with Crippen molar-refractivity contribution >= 4 is 0 Å². The predicted molar refractivity (Wildman–Crippen MR) is 61.0 cm³/mol. The molecule has 1 aliphatic rings. The minimum atomic E-state index is 0.123. The molecule has 2 rings (SSSR count). The van der Waals surface area contributed by atoms with E-state index < -0.39 is 0 Å². The Morgan fingerprint density at radius 2 is 2.56 bits per heavy atom. The lowest BCUT2D eigenvalue weighted by molar-refractivity contribution is 0.0981. The number of rotatable bonds is 5. The summed E-state index contributed by atoms with van der Waals surface area (Å²) in [6.07, 6.45) is 5.98. The Kier molecular flexibility index (Phi) is 3.90. The van der Waals surface area contributed by atoms with E-state index in [9.17, 15) is 0 Å². The largest absolute Gasteiger partial charge is 0.378 e. The van der Waals surface area contributed by atoms with E-state index in [2.05, 4.69) is 17.0 Å². The van der Waals surface area contributed by atoms with E-state index in [-0.39, 0.29) is 6.04 Å². The van der Waals surface area contributed by atoms with Crippen molar-refractivity contribution < 1.29 is 4.74 Å². The van der Waals surface area contributed by atoms with Crippen LogP contribution < -0.4 is 5.73 Å². The van der Waals surface area contributed by atoms with Gasteiger partial charge in [-0.1, -0.05) is 0 Å². The molecule has 5 nitrogen and oxygen atoms in total. The van der Waals surface area contributed by atoms with Gasteiger partial charge in [-0.15, -0.1) is 0 Å². The van der Waals surface area contributed by atoms with E-state index in [1.54, 1.807) is 6.33 Å². The molecule has 16 heavy (non-hydrogen) atoms. The van der Waals surface area contributed by atoms with Gasteiger partial charge in [-0.25, -0.2) is 4.98 Å². The molecule has 1 saturated heterocycles. The summed E-state index contributed by atoms with van der Waals surface area (Å²) in [5.74, 6) is 0.980. The summed E-state index contributed by atoms with van der Waals surface area (Å²) in [5, 5.41) is 4.14. The topological polar surface area (TPSA) is 66.0 Å². The molecule has 5 heteroatoms. The van der Waals surface area contributed by atoms with E-state index in [0.717, 1.165) is 38.2 Å². The van der Waals surface area contributed by atoms with Gasteiger partial charge in [0.1, 0.15) is 12.2 Å². The minimum absolute atomic E-state index is 0.123. The second-order valence-electron chi connectivity index (χ2n) is 4.33. The van der Waals surface area contributed by atoms with E-state index in [1.165, 1.54) is 6.42 Å². The van der Waals surface area contributed by atoms with Crippen molar-refractivity contribution in [3.63, 3.8) is 0 Å². The fourth-order valence-corrected chi connectivity index (χ4v) is 2.20. The standard InChI is InChI=1S/C11H20N4O/c1-2-15-11(13-8-14-15)7-9(12)6-10-4-3-5-16-10/h8-10H,2-7,12H2,1H3. The molecule has 2 unspecified atom stereocenters. The summed E-state index contributed by atoms with van der Waals surface area (Å²) >= 11 is 0. The third kappa shape index (κ3) is 2.80. The molecule has 0 aromatic carbocycles. The van der Waals surface area contributed by atoms with Gasteiger partial charge >= 0.3 is 0 Å². The zero-order valence-electron chi connectivity index (χ0n) is 9.80. The first-order valence-corrected chi connectivity index (χ1v) is 6.03. The quantitative estimate of drug-likeness (QED) is 0.801. The van der Waals surface area contributed by atoms with Crippen LogP contribution in [0.5, 0.6) is 0 Å². The van der Waals surface area contributed by atoms with Gasteiger partial charge in [-0.3, -0.25) is 4.68 Å². The lowest BCUT2D eigenvalue weighted by Crippen LogP contribution is -2.29. The van der Waals surface area contributed by atoms with Crippen LogP contribution in [0, 0.1) is 0 Å². The van der Waals surface area contributed by atoms with Gasteiger partial charge in [0, 0.05) is 25.6 Å². The van der Waals surface area contributed by atoms with Crippen LogP contribution in [0.1, 0.15) is 32.0 Å². The van der Waals surface area contributed by atoms with Crippen LogP contribution in [0.2, 0.25) is 0 Å². The summed E-state index contributed by atoms with van der Waals surface area (Å²) < 4.78 is 7.47. The lowest BCUT2D eigenvalue weighted by Gasteiger charge is -2.15. The van der Waals surface area contributed by atoms with Gasteiger partial charge in [-0.2, -0.15) is 5.10 Å². The van der Waals surface area contributed by atoms with E-state index in [4.69, 9.17) is 10.5 Å². The molecule has 0 amide bonds. The van der Waals surface area contributed by atoms with Crippen LogP contribution in [0.15, 0.2) is 6.33 Å². The lowest BCUT2D eigenvalue weighted by atomic mass is 10.0. The number of hydrogen-bond acceptors (Lipinski definition) is 4. The highest BCUT2D eigenvalue weighted by atomic mass is 16.5. The van der Waals surface area contributed by atoms with E-state index >= 15 is 0 Å². The van der Waals surface area contributed by atoms with Gasteiger partial charge in [0.25, 0.3) is 0 Å². The number of hydrogen-bond donors (Lipinski definition) is 1. The monoisotopic (exact) mass is 224 g/mol. The Labute approximate surface area is 96.0 Å². The van der Waals surface area contributed by atoms with Gasteiger partial charge in [0.15, 0.2) is 0 Å². The fraction of sp³-hybridized carbons (Fsp3) is 0.818. The van der Waals surface area contributed by atoms with Crippen LogP contribution in [0.4, 0.5) is 0 Å². The van der Waals surface area contributed by atoms with Crippen molar-refractivity contribution in [1.82, 2.24) is 14.8 Å². The molecule has 1 aromatic heterocycles. The first kappa shape index (κ1) is 11.5.